The van der Waals surface area contributed by atoms with Gasteiger partial charge in [-0.05, 0) is 49.7 Å². The Morgan fingerprint density at radius 1 is 1.06 bits per heavy atom. The number of hydrogen-bond acceptors (Lipinski definition) is 5. The van der Waals surface area contributed by atoms with E-state index in [2.05, 4.69) is 21.8 Å². The summed E-state index contributed by atoms with van der Waals surface area (Å²) in [4.78, 5) is 16.7. The molecule has 3 heterocycles. The maximum absolute atomic E-state index is 13.4. The van der Waals surface area contributed by atoms with Crippen molar-refractivity contribution in [2.45, 2.75) is 44.7 Å². The van der Waals surface area contributed by atoms with Gasteiger partial charge in [0.25, 0.3) is 0 Å². The molecule has 1 aliphatic heterocycles. The Labute approximate surface area is 183 Å². The summed E-state index contributed by atoms with van der Waals surface area (Å²) in [6.07, 6.45) is 3.33. The highest BCUT2D eigenvalue weighted by atomic mass is 32.1. The first-order chi connectivity index (χ1) is 14.9. The van der Waals surface area contributed by atoms with E-state index in [0.717, 1.165) is 66.1 Å². The second-order valence-electron chi connectivity index (χ2n) is 8.52. The van der Waals surface area contributed by atoms with E-state index in [4.69, 9.17) is 4.98 Å². The van der Waals surface area contributed by atoms with E-state index < -0.39 is 11.7 Å². The molecular formula is C23H23F3N4S. The van der Waals surface area contributed by atoms with Crippen molar-refractivity contribution in [2.75, 3.05) is 18.0 Å². The third kappa shape index (κ3) is 4.18. The average Bonchev–Trinajstić information content (AvgIpc) is 3.52. The van der Waals surface area contributed by atoms with Crippen LogP contribution in [0.1, 0.15) is 49.7 Å². The van der Waals surface area contributed by atoms with Gasteiger partial charge < -0.3 is 4.90 Å². The number of hydrogen-bond donors (Lipinski definition) is 0. The van der Waals surface area contributed by atoms with E-state index in [1.54, 1.807) is 6.07 Å². The number of benzene rings is 1. The number of thiazole rings is 1. The van der Waals surface area contributed by atoms with Gasteiger partial charge in [-0.3, -0.25) is 0 Å². The number of alkyl halides is 3. The number of nitrogens with zero attached hydrogens (tertiary/aromatic N) is 4. The van der Waals surface area contributed by atoms with Crippen molar-refractivity contribution in [1.82, 2.24) is 15.0 Å². The molecule has 31 heavy (non-hydrogen) atoms. The Morgan fingerprint density at radius 2 is 1.84 bits per heavy atom. The lowest BCUT2D eigenvalue weighted by Gasteiger charge is -2.29. The largest absolute Gasteiger partial charge is 0.416 e. The predicted molar refractivity (Wildman–Crippen MR) is 116 cm³/mol. The Balaban J connectivity index is 1.63. The van der Waals surface area contributed by atoms with Gasteiger partial charge in [0.15, 0.2) is 5.13 Å². The Morgan fingerprint density at radius 3 is 2.55 bits per heavy atom. The molecule has 1 saturated carbocycles. The minimum atomic E-state index is -4.40. The summed E-state index contributed by atoms with van der Waals surface area (Å²) in [5.74, 6) is 1.11. The summed E-state index contributed by atoms with van der Waals surface area (Å²) in [6, 6.07) is 5.44. The maximum atomic E-state index is 13.4. The SMILES string of the molecule is CC1CCN(c2nc(-c3cccc(C(F)(F)F)c3)c(-c3ncncc3C3CC3)s2)CC1. The molecule has 1 saturated heterocycles. The zero-order valence-electron chi connectivity index (χ0n) is 17.2. The summed E-state index contributed by atoms with van der Waals surface area (Å²) < 4.78 is 40.1. The van der Waals surface area contributed by atoms with Crippen molar-refractivity contribution >= 4 is 16.5 Å². The zero-order valence-corrected chi connectivity index (χ0v) is 18.0. The Bertz CT molecular complexity index is 1080. The third-order valence-electron chi connectivity index (χ3n) is 6.11. The minimum Gasteiger partial charge on any atom is -0.348 e. The Kier molecular flexibility index (Phi) is 5.20. The van der Waals surface area contributed by atoms with Crippen molar-refractivity contribution in [3.8, 4) is 21.8 Å². The van der Waals surface area contributed by atoms with Crippen molar-refractivity contribution in [3.05, 3.63) is 47.9 Å². The van der Waals surface area contributed by atoms with Crippen LogP contribution in [-0.4, -0.2) is 28.0 Å². The molecule has 0 N–H and O–H groups in total. The maximum Gasteiger partial charge on any atom is 0.416 e. The van der Waals surface area contributed by atoms with Crippen LogP contribution in [0.15, 0.2) is 36.8 Å². The van der Waals surface area contributed by atoms with Crippen LogP contribution in [0.3, 0.4) is 0 Å². The molecule has 2 aliphatic rings. The van der Waals surface area contributed by atoms with Crippen LogP contribution < -0.4 is 4.90 Å². The molecule has 0 unspecified atom stereocenters. The number of piperidine rings is 1. The van der Waals surface area contributed by atoms with Crippen LogP contribution in [0.25, 0.3) is 21.8 Å². The molecule has 1 aliphatic carbocycles. The van der Waals surface area contributed by atoms with Gasteiger partial charge in [0.2, 0.25) is 0 Å². The van der Waals surface area contributed by atoms with E-state index in [1.165, 1.54) is 29.8 Å². The summed E-state index contributed by atoms with van der Waals surface area (Å²) in [5.41, 5.74) is 2.25. The van der Waals surface area contributed by atoms with Gasteiger partial charge >= 0.3 is 6.18 Å². The molecule has 2 fully saturated rings. The van der Waals surface area contributed by atoms with Gasteiger partial charge in [-0.2, -0.15) is 13.2 Å². The van der Waals surface area contributed by atoms with Crippen LogP contribution >= 0.6 is 11.3 Å². The summed E-state index contributed by atoms with van der Waals surface area (Å²) in [5, 5.41) is 0.856. The van der Waals surface area contributed by atoms with Crippen molar-refractivity contribution in [1.29, 1.82) is 0 Å². The molecule has 162 valence electrons. The van der Waals surface area contributed by atoms with Gasteiger partial charge in [0.05, 0.1) is 21.8 Å². The molecule has 3 aromatic rings. The van der Waals surface area contributed by atoms with Crippen molar-refractivity contribution in [2.24, 2.45) is 5.92 Å². The highest BCUT2D eigenvalue weighted by Crippen LogP contribution is 2.48. The quantitative estimate of drug-likeness (QED) is 0.467. The molecule has 0 radical (unpaired) electrons. The van der Waals surface area contributed by atoms with E-state index in [1.807, 2.05) is 6.20 Å². The molecule has 0 atom stereocenters. The van der Waals surface area contributed by atoms with E-state index in [-0.39, 0.29) is 0 Å². The van der Waals surface area contributed by atoms with E-state index >= 15 is 0 Å². The van der Waals surface area contributed by atoms with Crippen LogP contribution in [0.4, 0.5) is 18.3 Å². The lowest BCUT2D eigenvalue weighted by atomic mass is 10.00. The lowest BCUT2D eigenvalue weighted by molar-refractivity contribution is -0.137. The van der Waals surface area contributed by atoms with E-state index in [9.17, 15) is 13.2 Å². The first kappa shape index (κ1) is 20.4. The van der Waals surface area contributed by atoms with Crippen LogP contribution in [0, 0.1) is 5.92 Å². The van der Waals surface area contributed by atoms with Crippen LogP contribution in [0.2, 0.25) is 0 Å². The molecule has 8 heteroatoms. The molecule has 5 rings (SSSR count). The summed E-state index contributed by atoms with van der Waals surface area (Å²) in [6.45, 7) is 4.08. The standard InChI is InChI=1S/C23H23F3N4S/c1-14-7-9-30(10-8-14)22-29-19(16-3-2-4-17(11-16)23(24,25)26)21(31-22)20-18(15-5-6-15)12-27-13-28-20/h2-4,11-15H,5-10H2,1H3. The predicted octanol–water partition coefficient (Wildman–Crippen LogP) is 6.40. The monoisotopic (exact) mass is 444 g/mol. The number of halogens is 3. The van der Waals surface area contributed by atoms with Gasteiger partial charge in [0, 0.05) is 30.4 Å². The first-order valence-corrected chi connectivity index (χ1v) is 11.5. The topological polar surface area (TPSA) is 41.9 Å². The minimum absolute atomic E-state index is 0.423. The average molecular weight is 445 g/mol. The first-order valence-electron chi connectivity index (χ1n) is 10.6. The van der Waals surface area contributed by atoms with Crippen LogP contribution in [0.5, 0.6) is 0 Å². The highest BCUT2D eigenvalue weighted by Gasteiger charge is 2.33. The van der Waals surface area contributed by atoms with Crippen LogP contribution in [-0.2, 0) is 6.18 Å². The molecule has 0 spiro atoms. The highest BCUT2D eigenvalue weighted by molar-refractivity contribution is 7.19. The smallest absolute Gasteiger partial charge is 0.348 e. The van der Waals surface area contributed by atoms with Crippen molar-refractivity contribution < 1.29 is 13.2 Å². The lowest BCUT2D eigenvalue weighted by Crippen LogP contribution is -2.32. The Hall–Kier alpha value is -2.48. The fraction of sp³-hybridized carbons (Fsp3) is 0.435. The summed E-state index contributed by atoms with van der Waals surface area (Å²) in [7, 11) is 0. The second-order valence-corrected chi connectivity index (χ2v) is 9.50. The number of rotatable bonds is 4. The molecule has 0 bridgehead atoms. The van der Waals surface area contributed by atoms with Gasteiger partial charge in [-0.15, -0.1) is 0 Å². The fourth-order valence-corrected chi connectivity index (χ4v) is 5.22. The number of aromatic nitrogens is 3. The summed E-state index contributed by atoms with van der Waals surface area (Å²) >= 11 is 1.53. The molecular weight excluding hydrogens is 421 g/mol. The molecule has 4 nitrogen and oxygen atoms in total. The van der Waals surface area contributed by atoms with Gasteiger partial charge in [0.1, 0.15) is 6.33 Å². The third-order valence-corrected chi connectivity index (χ3v) is 7.23. The van der Waals surface area contributed by atoms with E-state index in [0.29, 0.717) is 23.1 Å². The molecule has 1 aromatic carbocycles. The fourth-order valence-electron chi connectivity index (χ4n) is 4.07. The normalized spacial score (nSPS) is 17.9. The molecule has 0 amide bonds. The van der Waals surface area contributed by atoms with Gasteiger partial charge in [-0.25, -0.2) is 15.0 Å². The second kappa shape index (κ2) is 7.89. The number of anilines is 1. The molecule has 2 aromatic heterocycles. The zero-order chi connectivity index (χ0) is 21.6. The van der Waals surface area contributed by atoms with Gasteiger partial charge in [-0.1, -0.05) is 30.4 Å². The van der Waals surface area contributed by atoms with Crippen molar-refractivity contribution in [3.63, 3.8) is 0 Å².